The van der Waals surface area contributed by atoms with Gasteiger partial charge in [-0.1, -0.05) is 43.0 Å². The van der Waals surface area contributed by atoms with E-state index < -0.39 is 11.6 Å². The van der Waals surface area contributed by atoms with Gasteiger partial charge in [0.2, 0.25) is 0 Å². The minimum absolute atomic E-state index is 0.239. The van der Waals surface area contributed by atoms with Crippen LogP contribution in [0.4, 0.5) is 0 Å². The zero-order chi connectivity index (χ0) is 15.5. The Morgan fingerprint density at radius 1 is 1.38 bits per heavy atom. The fourth-order valence-corrected chi connectivity index (χ4v) is 3.30. The minimum atomic E-state index is -1.66. The molecule has 4 heteroatoms. The van der Waals surface area contributed by atoms with Crippen molar-refractivity contribution in [2.24, 2.45) is 0 Å². The molecule has 0 radical (unpaired) electrons. The van der Waals surface area contributed by atoms with Crippen LogP contribution in [-0.2, 0) is 15.1 Å². The van der Waals surface area contributed by atoms with E-state index in [1.807, 2.05) is 6.07 Å². The van der Waals surface area contributed by atoms with Gasteiger partial charge in [0, 0.05) is 5.02 Å². The summed E-state index contributed by atoms with van der Waals surface area (Å²) in [5.74, 6) is -0.153. The van der Waals surface area contributed by atoms with Crippen LogP contribution < -0.4 is 0 Å². The lowest BCUT2D eigenvalue weighted by Gasteiger charge is -2.25. The largest absolute Gasteiger partial charge is 0.464 e. The van der Waals surface area contributed by atoms with Crippen LogP contribution >= 0.6 is 11.6 Å². The molecule has 1 unspecified atom stereocenters. The standard InChI is InChI=1S/C17H23ClO3/c1-3-21-16(19)17(2,20)13-9-10-14(15(18)11-13)12-7-5-4-6-8-12/h9-12,20H,3-8H2,1-2H3. The molecule has 3 nitrogen and oxygen atoms in total. The van der Waals surface area contributed by atoms with E-state index in [9.17, 15) is 9.90 Å². The average molecular weight is 311 g/mol. The summed E-state index contributed by atoms with van der Waals surface area (Å²) in [6.07, 6.45) is 6.09. The third-order valence-electron chi connectivity index (χ3n) is 4.28. The predicted octanol–water partition coefficient (Wildman–Crippen LogP) is 4.16. The van der Waals surface area contributed by atoms with Crippen molar-refractivity contribution in [2.75, 3.05) is 6.61 Å². The van der Waals surface area contributed by atoms with Gasteiger partial charge in [0.1, 0.15) is 0 Å². The summed E-state index contributed by atoms with van der Waals surface area (Å²) < 4.78 is 4.92. The molecule has 0 aliphatic heterocycles. The lowest BCUT2D eigenvalue weighted by molar-refractivity contribution is -0.164. The number of benzene rings is 1. The normalized spacial score (nSPS) is 19.0. The first-order chi connectivity index (χ1) is 9.96. The molecule has 1 aliphatic carbocycles. The Balaban J connectivity index is 2.23. The fraction of sp³-hybridized carbons (Fsp3) is 0.588. The van der Waals surface area contributed by atoms with Gasteiger partial charge in [0.25, 0.3) is 0 Å². The van der Waals surface area contributed by atoms with Crippen molar-refractivity contribution in [3.05, 3.63) is 34.3 Å². The molecule has 1 aliphatic rings. The summed E-state index contributed by atoms with van der Waals surface area (Å²) in [4.78, 5) is 11.8. The van der Waals surface area contributed by atoms with Crippen LogP contribution in [-0.4, -0.2) is 17.7 Å². The first-order valence-electron chi connectivity index (χ1n) is 7.66. The Labute approximate surface area is 131 Å². The molecular weight excluding hydrogens is 288 g/mol. The first-order valence-corrected chi connectivity index (χ1v) is 8.04. The van der Waals surface area contributed by atoms with Crippen LogP contribution in [0.1, 0.15) is 63.0 Å². The van der Waals surface area contributed by atoms with E-state index in [-0.39, 0.29) is 6.61 Å². The number of carbonyl (C=O) groups excluding carboxylic acids is 1. The molecule has 0 spiro atoms. The van der Waals surface area contributed by atoms with Crippen molar-refractivity contribution in [1.29, 1.82) is 0 Å². The number of hydrogen-bond donors (Lipinski definition) is 1. The molecule has 1 atom stereocenters. The smallest absolute Gasteiger partial charge is 0.342 e. The van der Waals surface area contributed by atoms with E-state index in [4.69, 9.17) is 16.3 Å². The van der Waals surface area contributed by atoms with Crippen LogP contribution in [0, 0.1) is 0 Å². The monoisotopic (exact) mass is 310 g/mol. The molecule has 1 aromatic carbocycles. The Hall–Kier alpha value is -1.06. The lowest BCUT2D eigenvalue weighted by atomic mass is 9.83. The van der Waals surface area contributed by atoms with E-state index in [1.165, 1.54) is 26.2 Å². The third kappa shape index (κ3) is 3.58. The highest BCUT2D eigenvalue weighted by Gasteiger charge is 2.34. The number of halogens is 1. The molecule has 1 aromatic rings. The SMILES string of the molecule is CCOC(=O)C(C)(O)c1ccc(C2CCCCC2)c(Cl)c1. The summed E-state index contributed by atoms with van der Waals surface area (Å²) in [5, 5.41) is 11.0. The molecule has 0 saturated heterocycles. The molecule has 1 saturated carbocycles. The van der Waals surface area contributed by atoms with Gasteiger partial charge in [-0.2, -0.15) is 0 Å². The maximum Gasteiger partial charge on any atom is 0.342 e. The van der Waals surface area contributed by atoms with Gasteiger partial charge in [0.05, 0.1) is 6.61 Å². The quantitative estimate of drug-likeness (QED) is 0.849. The molecule has 0 aromatic heterocycles. The van der Waals surface area contributed by atoms with Gasteiger partial charge in [0.15, 0.2) is 5.60 Å². The summed E-state index contributed by atoms with van der Waals surface area (Å²) >= 11 is 6.39. The molecule has 116 valence electrons. The summed E-state index contributed by atoms with van der Waals surface area (Å²) in [5.41, 5.74) is -0.0598. The fourth-order valence-electron chi connectivity index (χ4n) is 2.96. The Morgan fingerprint density at radius 3 is 2.62 bits per heavy atom. The molecular formula is C17H23ClO3. The van der Waals surface area contributed by atoms with Gasteiger partial charge in [-0.05, 0) is 49.8 Å². The molecule has 1 fully saturated rings. The Morgan fingerprint density at radius 2 is 2.05 bits per heavy atom. The molecule has 0 amide bonds. The van der Waals surface area contributed by atoms with Crippen LogP contribution in [0.2, 0.25) is 5.02 Å². The zero-order valence-corrected chi connectivity index (χ0v) is 13.4. The van der Waals surface area contributed by atoms with Gasteiger partial charge < -0.3 is 9.84 Å². The van der Waals surface area contributed by atoms with Gasteiger partial charge >= 0.3 is 5.97 Å². The van der Waals surface area contributed by atoms with Crippen LogP contribution in [0.15, 0.2) is 18.2 Å². The maximum absolute atomic E-state index is 11.8. The Kier molecular flexibility index (Phi) is 5.28. The highest BCUT2D eigenvalue weighted by molar-refractivity contribution is 6.31. The number of hydrogen-bond acceptors (Lipinski definition) is 3. The molecule has 1 N–H and O–H groups in total. The van der Waals surface area contributed by atoms with Gasteiger partial charge in [-0.25, -0.2) is 4.79 Å². The van der Waals surface area contributed by atoms with Gasteiger partial charge in [-0.3, -0.25) is 0 Å². The number of ether oxygens (including phenoxy) is 1. The lowest BCUT2D eigenvalue weighted by Crippen LogP contribution is -2.34. The molecule has 0 bridgehead atoms. The number of rotatable bonds is 4. The summed E-state index contributed by atoms with van der Waals surface area (Å²) in [7, 11) is 0. The molecule has 0 heterocycles. The van der Waals surface area contributed by atoms with E-state index in [0.29, 0.717) is 16.5 Å². The predicted molar refractivity (Wildman–Crippen MR) is 83.5 cm³/mol. The van der Waals surface area contributed by atoms with Crippen LogP contribution in [0.3, 0.4) is 0 Å². The van der Waals surface area contributed by atoms with E-state index in [2.05, 4.69) is 0 Å². The highest BCUT2D eigenvalue weighted by Crippen LogP contribution is 2.37. The maximum atomic E-state index is 11.8. The van der Waals surface area contributed by atoms with Crippen LogP contribution in [0.25, 0.3) is 0 Å². The van der Waals surface area contributed by atoms with Crippen LogP contribution in [0.5, 0.6) is 0 Å². The van der Waals surface area contributed by atoms with Crippen molar-refractivity contribution in [3.63, 3.8) is 0 Å². The van der Waals surface area contributed by atoms with Crippen molar-refractivity contribution >= 4 is 17.6 Å². The van der Waals surface area contributed by atoms with Gasteiger partial charge in [-0.15, -0.1) is 0 Å². The van der Waals surface area contributed by atoms with Crippen molar-refractivity contribution in [1.82, 2.24) is 0 Å². The molecule has 21 heavy (non-hydrogen) atoms. The average Bonchev–Trinajstić information content (AvgIpc) is 2.48. The first kappa shape index (κ1) is 16.3. The highest BCUT2D eigenvalue weighted by atomic mass is 35.5. The summed E-state index contributed by atoms with van der Waals surface area (Å²) in [6, 6.07) is 5.43. The van der Waals surface area contributed by atoms with E-state index >= 15 is 0 Å². The van der Waals surface area contributed by atoms with Crippen molar-refractivity contribution in [2.45, 2.75) is 57.5 Å². The Bertz CT molecular complexity index is 505. The number of aliphatic hydroxyl groups is 1. The van der Waals surface area contributed by atoms with E-state index in [0.717, 1.165) is 18.4 Å². The second kappa shape index (κ2) is 6.80. The second-order valence-electron chi connectivity index (χ2n) is 5.86. The number of esters is 1. The van der Waals surface area contributed by atoms with E-state index in [1.54, 1.807) is 19.1 Å². The topological polar surface area (TPSA) is 46.5 Å². The zero-order valence-electron chi connectivity index (χ0n) is 12.7. The third-order valence-corrected chi connectivity index (χ3v) is 4.61. The molecule has 2 rings (SSSR count). The second-order valence-corrected chi connectivity index (χ2v) is 6.27. The van der Waals surface area contributed by atoms with Crippen molar-refractivity contribution in [3.8, 4) is 0 Å². The summed E-state index contributed by atoms with van der Waals surface area (Å²) in [6.45, 7) is 3.40. The van der Waals surface area contributed by atoms with Crippen molar-refractivity contribution < 1.29 is 14.6 Å². The minimum Gasteiger partial charge on any atom is -0.464 e. The number of carbonyl (C=O) groups is 1.